The Bertz CT molecular complexity index is 440. The van der Waals surface area contributed by atoms with E-state index in [1.165, 1.54) is 25.7 Å². The molecular formula is C18H39NO7P+. The third-order valence-electron chi connectivity index (χ3n) is 3.93. The van der Waals surface area contributed by atoms with Gasteiger partial charge in [-0.05, 0) is 6.42 Å². The summed E-state index contributed by atoms with van der Waals surface area (Å²) in [5.74, 6) is -0.440. The minimum atomic E-state index is -4.24. The molecule has 0 bridgehead atoms. The first-order chi connectivity index (χ1) is 12.6. The molecule has 0 aliphatic carbocycles. The number of carbonyl (C=O) groups excluding carboxylic acids is 1. The molecule has 9 heteroatoms. The Balaban J connectivity index is 3.98. The number of aliphatic hydroxyl groups excluding tert-OH is 1. The number of phosphoric acid groups is 1. The largest absolute Gasteiger partial charge is 0.472 e. The number of ether oxygens (including phenoxy) is 1. The lowest BCUT2D eigenvalue weighted by atomic mass is 10.1. The van der Waals surface area contributed by atoms with Crippen molar-refractivity contribution in [2.45, 2.75) is 64.4 Å². The number of aliphatic hydroxyl groups is 1. The molecule has 0 aliphatic heterocycles. The van der Waals surface area contributed by atoms with E-state index in [-0.39, 0.29) is 13.0 Å². The minimum absolute atomic E-state index is 0.0547. The van der Waals surface area contributed by atoms with Crippen LogP contribution in [-0.2, 0) is 23.1 Å². The van der Waals surface area contributed by atoms with Gasteiger partial charge in [-0.2, -0.15) is 0 Å². The van der Waals surface area contributed by atoms with Crippen molar-refractivity contribution in [3.8, 4) is 0 Å². The van der Waals surface area contributed by atoms with Crippen LogP contribution in [0.4, 0.5) is 0 Å². The monoisotopic (exact) mass is 412 g/mol. The van der Waals surface area contributed by atoms with E-state index in [2.05, 4.69) is 6.92 Å². The summed E-state index contributed by atoms with van der Waals surface area (Å²) < 4.78 is 27.2. The number of carbonyl (C=O) groups is 1. The van der Waals surface area contributed by atoms with Crippen LogP contribution < -0.4 is 0 Å². The van der Waals surface area contributed by atoms with Crippen LogP contribution in [0.3, 0.4) is 0 Å². The number of phosphoric ester groups is 1. The maximum atomic E-state index is 11.8. The van der Waals surface area contributed by atoms with Gasteiger partial charge in [-0.3, -0.25) is 13.8 Å². The Morgan fingerprint density at radius 3 is 2.19 bits per heavy atom. The van der Waals surface area contributed by atoms with Crippen LogP contribution in [0.15, 0.2) is 0 Å². The molecule has 0 aromatic carbocycles. The number of hydrogen-bond acceptors (Lipinski definition) is 6. The van der Waals surface area contributed by atoms with Gasteiger partial charge in [-0.15, -0.1) is 0 Å². The van der Waals surface area contributed by atoms with Crippen molar-refractivity contribution in [2.24, 2.45) is 0 Å². The van der Waals surface area contributed by atoms with E-state index in [9.17, 15) is 19.4 Å². The van der Waals surface area contributed by atoms with Crippen molar-refractivity contribution in [1.82, 2.24) is 0 Å². The number of hydrogen-bond donors (Lipinski definition) is 2. The van der Waals surface area contributed by atoms with Gasteiger partial charge in [0.05, 0.1) is 34.4 Å². The van der Waals surface area contributed by atoms with Crippen molar-refractivity contribution in [2.75, 3.05) is 47.5 Å². The molecule has 0 fully saturated rings. The van der Waals surface area contributed by atoms with Crippen molar-refractivity contribution in [3.63, 3.8) is 0 Å². The predicted molar refractivity (Wildman–Crippen MR) is 104 cm³/mol. The van der Waals surface area contributed by atoms with E-state index in [0.29, 0.717) is 11.0 Å². The molecule has 1 unspecified atom stereocenters. The highest BCUT2D eigenvalue weighted by atomic mass is 31.2. The minimum Gasteiger partial charge on any atom is -0.457 e. The molecule has 2 atom stereocenters. The van der Waals surface area contributed by atoms with E-state index in [1.54, 1.807) is 0 Å². The molecule has 0 spiro atoms. The maximum absolute atomic E-state index is 11.8. The van der Waals surface area contributed by atoms with Crippen molar-refractivity contribution in [3.05, 3.63) is 0 Å². The average Bonchev–Trinajstić information content (AvgIpc) is 2.56. The van der Waals surface area contributed by atoms with Gasteiger partial charge >= 0.3 is 13.8 Å². The smallest absolute Gasteiger partial charge is 0.457 e. The predicted octanol–water partition coefficient (Wildman–Crippen LogP) is 2.87. The Morgan fingerprint density at radius 1 is 1.04 bits per heavy atom. The second-order valence-electron chi connectivity index (χ2n) is 7.78. The lowest BCUT2D eigenvalue weighted by Gasteiger charge is -2.24. The van der Waals surface area contributed by atoms with E-state index in [0.717, 1.165) is 19.3 Å². The summed E-state index contributed by atoms with van der Waals surface area (Å²) in [4.78, 5) is 21.4. The molecule has 0 aromatic rings. The highest BCUT2D eigenvalue weighted by Gasteiger charge is 2.25. The molecule has 2 N–H and O–H groups in total. The molecule has 0 rings (SSSR count). The molecule has 0 heterocycles. The van der Waals surface area contributed by atoms with Crippen LogP contribution >= 0.6 is 7.82 Å². The van der Waals surface area contributed by atoms with Crippen molar-refractivity contribution in [1.29, 1.82) is 0 Å². The fraction of sp³-hybridized carbons (Fsp3) is 0.944. The van der Waals surface area contributed by atoms with Gasteiger partial charge < -0.3 is 19.2 Å². The van der Waals surface area contributed by atoms with Crippen LogP contribution in [0.1, 0.15) is 58.3 Å². The summed E-state index contributed by atoms with van der Waals surface area (Å²) in [6.45, 7) is 1.88. The number of unbranched alkanes of at least 4 members (excludes halogenated alkanes) is 6. The standard InChI is InChI=1S/C18H38NO7P/c1-5-6-7-8-9-10-11-12-18(21)26-17(15-20)16-25-27(22,23)24-14-13-19(2,3)4/h17,20H,5-16H2,1-4H3/p+1/t17-/m1/s1. The van der Waals surface area contributed by atoms with Gasteiger partial charge in [0, 0.05) is 6.42 Å². The zero-order valence-corrected chi connectivity index (χ0v) is 18.3. The molecule has 0 amide bonds. The fourth-order valence-electron chi connectivity index (χ4n) is 2.24. The molecule has 0 aromatic heterocycles. The first-order valence-electron chi connectivity index (χ1n) is 9.82. The Hall–Kier alpha value is -0.500. The zero-order chi connectivity index (χ0) is 20.8. The third-order valence-corrected chi connectivity index (χ3v) is 4.91. The number of quaternary nitrogens is 1. The molecule has 0 saturated carbocycles. The van der Waals surface area contributed by atoms with Crippen LogP contribution in [0.2, 0.25) is 0 Å². The van der Waals surface area contributed by atoms with Gasteiger partial charge in [0.15, 0.2) is 0 Å². The normalized spacial score (nSPS) is 15.3. The molecule has 0 radical (unpaired) electrons. The second kappa shape index (κ2) is 14.5. The van der Waals surface area contributed by atoms with E-state index in [4.69, 9.17) is 13.8 Å². The SMILES string of the molecule is CCCCCCCCCC(=O)O[C@H](CO)COP(=O)(O)OCC[N+](C)(C)C. The van der Waals surface area contributed by atoms with E-state index >= 15 is 0 Å². The number of nitrogens with zero attached hydrogens (tertiary/aromatic N) is 1. The lowest BCUT2D eigenvalue weighted by molar-refractivity contribution is -0.870. The quantitative estimate of drug-likeness (QED) is 0.164. The summed E-state index contributed by atoms with van der Waals surface area (Å²) >= 11 is 0. The van der Waals surface area contributed by atoms with Gasteiger partial charge in [0.1, 0.15) is 19.3 Å². The van der Waals surface area contributed by atoms with Crippen molar-refractivity contribution >= 4 is 13.8 Å². The van der Waals surface area contributed by atoms with Crippen LogP contribution in [0.25, 0.3) is 0 Å². The molecular weight excluding hydrogens is 373 g/mol. The summed E-state index contributed by atoms with van der Waals surface area (Å²) in [5, 5.41) is 9.27. The third kappa shape index (κ3) is 17.3. The van der Waals surface area contributed by atoms with Gasteiger partial charge in [-0.25, -0.2) is 4.57 Å². The van der Waals surface area contributed by atoms with Crippen LogP contribution in [0.5, 0.6) is 0 Å². The number of likely N-dealkylation sites (N-methyl/N-ethyl adjacent to an activating group) is 1. The highest BCUT2D eigenvalue weighted by molar-refractivity contribution is 7.47. The number of esters is 1. The van der Waals surface area contributed by atoms with Crippen LogP contribution in [0, 0.1) is 0 Å². The summed E-state index contributed by atoms with van der Waals surface area (Å²) in [7, 11) is 1.55. The Morgan fingerprint density at radius 2 is 1.63 bits per heavy atom. The van der Waals surface area contributed by atoms with Gasteiger partial charge in [-0.1, -0.05) is 45.4 Å². The lowest BCUT2D eigenvalue weighted by Crippen LogP contribution is -2.37. The molecule has 8 nitrogen and oxygen atoms in total. The molecule has 162 valence electrons. The topological polar surface area (TPSA) is 102 Å². The molecule has 0 saturated heterocycles. The van der Waals surface area contributed by atoms with E-state index < -0.39 is 33.1 Å². The summed E-state index contributed by atoms with van der Waals surface area (Å²) in [6.07, 6.45) is 6.93. The zero-order valence-electron chi connectivity index (χ0n) is 17.4. The maximum Gasteiger partial charge on any atom is 0.472 e. The number of rotatable bonds is 17. The van der Waals surface area contributed by atoms with Crippen LogP contribution in [-0.4, -0.2) is 74.1 Å². The summed E-state index contributed by atoms with van der Waals surface area (Å²) in [5.41, 5.74) is 0. The molecule has 27 heavy (non-hydrogen) atoms. The Labute approximate surface area is 164 Å². The average molecular weight is 412 g/mol. The second-order valence-corrected chi connectivity index (χ2v) is 9.23. The van der Waals surface area contributed by atoms with Crippen molar-refractivity contribution < 1.29 is 37.6 Å². The van der Waals surface area contributed by atoms with Gasteiger partial charge in [0.25, 0.3) is 0 Å². The Kier molecular flexibility index (Phi) is 14.2. The molecule has 0 aliphatic rings. The first-order valence-corrected chi connectivity index (χ1v) is 11.3. The fourth-order valence-corrected chi connectivity index (χ4v) is 2.98. The summed E-state index contributed by atoms with van der Waals surface area (Å²) in [6, 6.07) is 0. The van der Waals surface area contributed by atoms with E-state index in [1.807, 2.05) is 21.1 Å². The highest BCUT2D eigenvalue weighted by Crippen LogP contribution is 2.43. The first kappa shape index (κ1) is 26.5. The van der Waals surface area contributed by atoms with Gasteiger partial charge in [0.2, 0.25) is 0 Å².